The van der Waals surface area contributed by atoms with Crippen molar-refractivity contribution in [3.8, 4) is 0 Å². The lowest BCUT2D eigenvalue weighted by Gasteiger charge is -2.24. The van der Waals surface area contributed by atoms with Gasteiger partial charge >= 0.3 is 11.9 Å². The monoisotopic (exact) mass is 1250 g/mol. The summed E-state index contributed by atoms with van der Waals surface area (Å²) in [6, 6.07) is -2.16. The van der Waals surface area contributed by atoms with Gasteiger partial charge in [0.2, 0.25) is 47.3 Å². The molecule has 1 fully saturated rings. The largest absolute Gasteiger partial charge is 0.481 e. The minimum absolute atomic E-state index is 0.128. The SMILES string of the molecule is CCCCCCCCCCCCCCCCCCN(CCCCCCCCCCCCCCCCCC)C(=O)COCC(=O)NCC(=O)NCC(=O)NCC(=O)N1CCC[C@H]1C(=O)NCC(=O)NCC(=O)N[C@@H](CCC(=O)O)C(=O)OCCCCCCC. The predicted molar refractivity (Wildman–Crippen MR) is 345 cm³/mol. The Hall–Kier alpha value is -5.34. The number of nitrogens with one attached hydrogen (secondary N) is 6. The fourth-order valence-electron chi connectivity index (χ4n) is 10.8. The number of ether oxygens (including phenoxy) is 2. The van der Waals surface area contributed by atoms with E-state index in [-0.39, 0.29) is 32.1 Å². The Balaban J connectivity index is 2.44. The minimum atomic E-state index is -1.23. The molecule has 0 saturated carbocycles. The number of carbonyl (C=O) groups is 10. The van der Waals surface area contributed by atoms with Crippen LogP contribution in [0.3, 0.4) is 0 Å². The van der Waals surface area contributed by atoms with Crippen LogP contribution in [0.15, 0.2) is 0 Å². The molecule has 2 atom stereocenters. The van der Waals surface area contributed by atoms with E-state index in [1.807, 2.05) is 4.90 Å². The molecule has 508 valence electrons. The molecule has 1 aliphatic rings. The second-order valence-corrected chi connectivity index (χ2v) is 24.2. The van der Waals surface area contributed by atoms with Crippen LogP contribution in [0.5, 0.6) is 0 Å². The first kappa shape index (κ1) is 80.7. The summed E-state index contributed by atoms with van der Waals surface area (Å²) in [5.74, 6) is -6.76. The van der Waals surface area contributed by atoms with Gasteiger partial charge in [0.1, 0.15) is 25.3 Å². The second-order valence-electron chi connectivity index (χ2n) is 24.2. The maximum absolute atomic E-state index is 13.4. The van der Waals surface area contributed by atoms with Crippen molar-refractivity contribution in [1.29, 1.82) is 0 Å². The zero-order chi connectivity index (χ0) is 64.5. The number of nitrogens with zero attached hydrogens (tertiary/aromatic N) is 2. The molecule has 88 heavy (non-hydrogen) atoms. The number of carboxylic acids is 1. The molecule has 1 heterocycles. The van der Waals surface area contributed by atoms with E-state index in [2.05, 4.69) is 52.7 Å². The first-order chi connectivity index (χ1) is 42.7. The highest BCUT2D eigenvalue weighted by Gasteiger charge is 2.34. The van der Waals surface area contributed by atoms with E-state index in [9.17, 15) is 47.9 Å². The number of esters is 1. The number of amides is 8. The van der Waals surface area contributed by atoms with Gasteiger partial charge in [0, 0.05) is 26.1 Å². The summed E-state index contributed by atoms with van der Waals surface area (Å²) in [5.41, 5.74) is 0. The van der Waals surface area contributed by atoms with E-state index in [4.69, 9.17) is 14.6 Å². The molecular formula is C67H122N8O13. The second kappa shape index (κ2) is 56.9. The average molecular weight is 1250 g/mol. The summed E-state index contributed by atoms with van der Waals surface area (Å²) in [6.45, 7) is 5.06. The molecule has 0 aromatic heterocycles. The number of carbonyl (C=O) groups excluding carboxylic acids is 9. The molecule has 21 heteroatoms. The third-order valence-electron chi connectivity index (χ3n) is 16.2. The normalized spacial score (nSPS) is 13.1. The highest BCUT2D eigenvalue weighted by molar-refractivity contribution is 5.94. The Morgan fingerprint density at radius 2 is 0.830 bits per heavy atom. The van der Waals surface area contributed by atoms with Crippen LogP contribution in [-0.2, 0) is 57.4 Å². The molecule has 0 aliphatic carbocycles. The zero-order valence-corrected chi connectivity index (χ0v) is 55.2. The number of unbranched alkanes of at least 4 members (excludes halogenated alkanes) is 34. The van der Waals surface area contributed by atoms with Gasteiger partial charge in [0.25, 0.3) is 0 Å². The van der Waals surface area contributed by atoms with Crippen LogP contribution in [0.4, 0.5) is 0 Å². The van der Waals surface area contributed by atoms with Gasteiger partial charge in [-0.2, -0.15) is 0 Å². The third-order valence-corrected chi connectivity index (χ3v) is 16.2. The first-order valence-corrected chi connectivity index (χ1v) is 34.9. The van der Waals surface area contributed by atoms with Crippen LogP contribution < -0.4 is 31.9 Å². The molecule has 0 radical (unpaired) electrons. The van der Waals surface area contributed by atoms with Crippen molar-refractivity contribution in [1.82, 2.24) is 41.7 Å². The molecule has 8 amide bonds. The highest BCUT2D eigenvalue weighted by Crippen LogP contribution is 2.19. The smallest absolute Gasteiger partial charge is 0.328 e. The van der Waals surface area contributed by atoms with Crippen molar-refractivity contribution < 1.29 is 62.5 Å². The van der Waals surface area contributed by atoms with Crippen molar-refractivity contribution in [3.05, 3.63) is 0 Å². The third kappa shape index (κ3) is 46.7. The lowest BCUT2D eigenvalue weighted by atomic mass is 10.0. The number of hydrogen-bond donors (Lipinski definition) is 7. The van der Waals surface area contributed by atoms with Crippen LogP contribution in [-0.4, -0.2) is 158 Å². The van der Waals surface area contributed by atoms with Gasteiger partial charge in [-0.05, 0) is 38.5 Å². The van der Waals surface area contributed by atoms with Gasteiger partial charge in [0.15, 0.2) is 0 Å². The number of carboxylic acid groups (broad SMARTS) is 1. The Kier molecular flexibility index (Phi) is 52.1. The summed E-state index contributed by atoms with van der Waals surface area (Å²) in [4.78, 5) is 129. The predicted octanol–water partition coefficient (Wildman–Crippen LogP) is 9.79. The van der Waals surface area contributed by atoms with Crippen molar-refractivity contribution >= 4 is 59.2 Å². The fraction of sp³-hybridized carbons (Fsp3) is 0.851. The van der Waals surface area contributed by atoms with Crippen LogP contribution in [0.1, 0.15) is 284 Å². The highest BCUT2D eigenvalue weighted by atomic mass is 16.5. The van der Waals surface area contributed by atoms with E-state index in [0.717, 1.165) is 64.2 Å². The molecule has 1 rings (SSSR count). The molecule has 0 unspecified atom stereocenters. The lowest BCUT2D eigenvalue weighted by molar-refractivity contribution is -0.148. The number of hydrogen-bond acceptors (Lipinski definition) is 12. The van der Waals surface area contributed by atoms with Crippen LogP contribution in [0, 0.1) is 0 Å². The maximum Gasteiger partial charge on any atom is 0.328 e. The number of likely N-dealkylation sites (tertiary alicyclic amines) is 1. The minimum Gasteiger partial charge on any atom is -0.481 e. The molecule has 0 aromatic carbocycles. The summed E-state index contributed by atoms with van der Waals surface area (Å²) in [7, 11) is 0. The lowest BCUT2D eigenvalue weighted by Crippen LogP contribution is -2.51. The van der Waals surface area contributed by atoms with Gasteiger partial charge < -0.3 is 56.3 Å². The standard InChI is InChI=1S/C67H122N8O13/c1-4-7-10-13-15-17-19-21-23-25-27-29-31-33-35-38-45-74(46-39-36-34-32-30-28-26-24-22-20-18-16-14-11-8-5-2)64(82)55-87-54-62(80)70-50-58(76)68-49-59(77)71-53-63(81)75-47-41-42-57(75)66(85)72-51-60(78)69-52-61(79)73-56(43-44-65(83)84)67(86)88-48-40-37-12-9-6-3/h56-57H,4-55H2,1-3H3,(H,68,76)(H,69,78)(H,70,80)(H,71,77)(H,72,85)(H,73,79)(H,83,84)/t56-,57-/m0/s1. The Bertz CT molecular complexity index is 1870. The number of rotatable bonds is 60. The summed E-state index contributed by atoms with van der Waals surface area (Å²) < 4.78 is 10.8. The summed E-state index contributed by atoms with van der Waals surface area (Å²) >= 11 is 0. The van der Waals surface area contributed by atoms with E-state index >= 15 is 0 Å². The molecule has 0 bridgehead atoms. The van der Waals surface area contributed by atoms with Crippen molar-refractivity contribution in [2.24, 2.45) is 0 Å². The van der Waals surface area contributed by atoms with E-state index in [0.29, 0.717) is 32.4 Å². The molecule has 21 nitrogen and oxygen atoms in total. The average Bonchev–Trinajstić information content (AvgIpc) is 3.36. The van der Waals surface area contributed by atoms with Gasteiger partial charge in [-0.1, -0.05) is 239 Å². The molecule has 0 spiro atoms. The maximum atomic E-state index is 13.4. The summed E-state index contributed by atoms with van der Waals surface area (Å²) in [5, 5.41) is 23.5. The molecule has 0 aromatic rings. The van der Waals surface area contributed by atoms with Gasteiger partial charge in [-0.15, -0.1) is 0 Å². The molecule has 1 aliphatic heterocycles. The van der Waals surface area contributed by atoms with Crippen molar-refractivity contribution in [2.75, 3.05) is 72.2 Å². The topological polar surface area (TPSA) is 288 Å². The number of aliphatic carboxylic acids is 1. The Morgan fingerprint density at radius 1 is 0.455 bits per heavy atom. The molecular weight excluding hydrogens is 1120 g/mol. The van der Waals surface area contributed by atoms with E-state index < -0.39 is 111 Å². The van der Waals surface area contributed by atoms with Crippen LogP contribution in [0.2, 0.25) is 0 Å². The zero-order valence-electron chi connectivity index (χ0n) is 55.2. The molecule has 7 N–H and O–H groups in total. The van der Waals surface area contributed by atoms with Crippen molar-refractivity contribution in [3.63, 3.8) is 0 Å². The van der Waals surface area contributed by atoms with E-state index in [1.54, 1.807) is 0 Å². The quantitative estimate of drug-likeness (QED) is 0.0221. The van der Waals surface area contributed by atoms with Crippen LogP contribution >= 0.6 is 0 Å². The van der Waals surface area contributed by atoms with Gasteiger partial charge in [0.05, 0.1) is 39.3 Å². The Morgan fingerprint density at radius 3 is 1.26 bits per heavy atom. The summed E-state index contributed by atoms with van der Waals surface area (Å²) in [6.07, 6.45) is 45.7. The van der Waals surface area contributed by atoms with Crippen LogP contribution in [0.25, 0.3) is 0 Å². The van der Waals surface area contributed by atoms with Gasteiger partial charge in [-0.3, -0.25) is 43.2 Å². The Labute approximate surface area is 529 Å². The van der Waals surface area contributed by atoms with Gasteiger partial charge in [-0.25, -0.2) is 4.79 Å². The first-order valence-electron chi connectivity index (χ1n) is 34.9. The van der Waals surface area contributed by atoms with Crippen molar-refractivity contribution in [2.45, 2.75) is 296 Å². The molecule has 1 saturated heterocycles. The fourth-order valence-corrected chi connectivity index (χ4v) is 10.8. The van der Waals surface area contributed by atoms with E-state index in [1.165, 1.54) is 172 Å².